The summed E-state index contributed by atoms with van der Waals surface area (Å²) in [5.74, 6) is 0.787. The molecule has 4 rings (SSSR count). The zero-order chi connectivity index (χ0) is 16.5. The van der Waals surface area contributed by atoms with Gasteiger partial charge in [-0.2, -0.15) is 0 Å². The highest BCUT2D eigenvalue weighted by Crippen LogP contribution is 2.25. The summed E-state index contributed by atoms with van der Waals surface area (Å²) >= 11 is 3.06. The number of nitrogens with zero attached hydrogens (tertiary/aromatic N) is 4. The molecule has 1 aliphatic rings. The number of aromatic nitrogens is 4. The van der Waals surface area contributed by atoms with Gasteiger partial charge < -0.3 is 9.88 Å². The SMILES string of the molecule is CSc1nc(C(=O)N2CCc3nc(-c4cccnc4)[nH]c3C2)cs1. The minimum Gasteiger partial charge on any atom is -0.340 e. The maximum absolute atomic E-state index is 12.6. The number of hydrogen-bond donors (Lipinski definition) is 1. The lowest BCUT2D eigenvalue weighted by Gasteiger charge is -2.25. The van der Waals surface area contributed by atoms with Gasteiger partial charge in [0, 0.05) is 36.3 Å². The predicted octanol–water partition coefficient (Wildman–Crippen LogP) is 2.85. The Balaban J connectivity index is 1.55. The van der Waals surface area contributed by atoms with E-state index < -0.39 is 0 Å². The van der Waals surface area contributed by atoms with Crippen molar-refractivity contribution in [2.24, 2.45) is 0 Å². The molecule has 3 aromatic rings. The van der Waals surface area contributed by atoms with Gasteiger partial charge in [0.15, 0.2) is 0 Å². The summed E-state index contributed by atoms with van der Waals surface area (Å²) < 4.78 is 0.913. The number of carbonyl (C=O) groups is 1. The molecule has 0 saturated heterocycles. The number of amides is 1. The fourth-order valence-electron chi connectivity index (χ4n) is 2.72. The fraction of sp³-hybridized carbons (Fsp3) is 0.250. The highest BCUT2D eigenvalue weighted by Gasteiger charge is 2.26. The van der Waals surface area contributed by atoms with Crippen molar-refractivity contribution in [1.82, 2.24) is 24.8 Å². The molecule has 0 spiro atoms. The van der Waals surface area contributed by atoms with Gasteiger partial charge in [-0.3, -0.25) is 9.78 Å². The Morgan fingerprint density at radius 1 is 1.42 bits per heavy atom. The molecule has 4 heterocycles. The lowest BCUT2D eigenvalue weighted by molar-refractivity contribution is 0.0726. The summed E-state index contributed by atoms with van der Waals surface area (Å²) in [5, 5.41) is 1.83. The fourth-order valence-corrected chi connectivity index (χ4v) is 3.95. The maximum Gasteiger partial charge on any atom is 0.273 e. The molecule has 3 aromatic heterocycles. The number of rotatable bonds is 3. The number of thiazole rings is 1. The van der Waals surface area contributed by atoms with E-state index in [0.717, 1.165) is 33.5 Å². The predicted molar refractivity (Wildman–Crippen MR) is 94.2 cm³/mol. The summed E-state index contributed by atoms with van der Waals surface area (Å²) in [6, 6.07) is 3.86. The molecule has 0 aromatic carbocycles. The normalized spacial score (nSPS) is 13.8. The minimum atomic E-state index is -0.0188. The quantitative estimate of drug-likeness (QED) is 0.730. The molecule has 0 unspecified atom stereocenters. The third-order valence-corrected chi connectivity index (χ3v) is 5.79. The van der Waals surface area contributed by atoms with Crippen molar-refractivity contribution in [2.75, 3.05) is 12.8 Å². The standard InChI is InChI=1S/C16H15N5OS2/c1-23-16-20-13(9-24-16)15(22)21-6-4-11-12(8-21)19-14(18-11)10-3-2-5-17-7-10/h2-3,5,7,9H,4,6,8H2,1H3,(H,18,19). The number of hydrogen-bond acceptors (Lipinski definition) is 6. The monoisotopic (exact) mass is 357 g/mol. The molecule has 0 aliphatic carbocycles. The topological polar surface area (TPSA) is 74.8 Å². The molecular formula is C16H15N5OS2. The molecule has 8 heteroatoms. The number of thioether (sulfide) groups is 1. The van der Waals surface area contributed by atoms with Crippen LogP contribution in [-0.2, 0) is 13.0 Å². The third-order valence-electron chi connectivity index (χ3n) is 3.93. The Bertz CT molecular complexity index is 874. The first-order valence-corrected chi connectivity index (χ1v) is 9.62. The van der Waals surface area contributed by atoms with E-state index in [9.17, 15) is 4.79 Å². The Hall–Kier alpha value is -2.19. The first-order valence-electron chi connectivity index (χ1n) is 7.51. The molecule has 122 valence electrons. The molecule has 0 bridgehead atoms. The Morgan fingerprint density at radius 3 is 3.08 bits per heavy atom. The van der Waals surface area contributed by atoms with Crippen molar-refractivity contribution in [3.8, 4) is 11.4 Å². The highest BCUT2D eigenvalue weighted by atomic mass is 32.2. The van der Waals surface area contributed by atoms with Crippen LogP contribution in [0.15, 0.2) is 34.2 Å². The van der Waals surface area contributed by atoms with E-state index in [2.05, 4.69) is 19.9 Å². The first kappa shape index (κ1) is 15.3. The van der Waals surface area contributed by atoms with Crippen molar-refractivity contribution in [1.29, 1.82) is 0 Å². The van der Waals surface area contributed by atoms with E-state index >= 15 is 0 Å². The maximum atomic E-state index is 12.6. The van der Waals surface area contributed by atoms with Crippen molar-refractivity contribution in [3.63, 3.8) is 0 Å². The molecule has 24 heavy (non-hydrogen) atoms. The van der Waals surface area contributed by atoms with Crippen LogP contribution in [0.4, 0.5) is 0 Å². The number of imidazole rings is 1. The third kappa shape index (κ3) is 2.83. The zero-order valence-corrected chi connectivity index (χ0v) is 14.7. The number of nitrogens with one attached hydrogen (secondary N) is 1. The Kier molecular flexibility index (Phi) is 4.07. The van der Waals surface area contributed by atoms with Crippen LogP contribution in [0, 0.1) is 0 Å². The smallest absolute Gasteiger partial charge is 0.273 e. The van der Waals surface area contributed by atoms with E-state index in [1.54, 1.807) is 24.2 Å². The molecule has 1 aliphatic heterocycles. The van der Waals surface area contributed by atoms with Crippen LogP contribution < -0.4 is 0 Å². The van der Waals surface area contributed by atoms with E-state index in [1.165, 1.54) is 11.3 Å². The minimum absolute atomic E-state index is 0.0188. The van der Waals surface area contributed by atoms with Gasteiger partial charge in [0.2, 0.25) is 0 Å². The van der Waals surface area contributed by atoms with Gasteiger partial charge in [0.05, 0.1) is 17.9 Å². The van der Waals surface area contributed by atoms with Gasteiger partial charge in [0.1, 0.15) is 15.9 Å². The Morgan fingerprint density at radius 2 is 2.33 bits per heavy atom. The summed E-state index contributed by atoms with van der Waals surface area (Å²) in [5.41, 5.74) is 3.50. The molecule has 0 atom stereocenters. The number of carbonyl (C=O) groups excluding carboxylic acids is 1. The van der Waals surface area contributed by atoms with Crippen LogP contribution in [0.2, 0.25) is 0 Å². The molecule has 0 radical (unpaired) electrons. The molecule has 1 N–H and O–H groups in total. The number of fused-ring (bicyclic) bond motifs is 1. The first-order chi connectivity index (χ1) is 11.7. The van der Waals surface area contributed by atoms with Crippen LogP contribution in [0.5, 0.6) is 0 Å². The van der Waals surface area contributed by atoms with Crippen molar-refractivity contribution >= 4 is 29.0 Å². The summed E-state index contributed by atoms with van der Waals surface area (Å²) in [6.07, 6.45) is 6.23. The summed E-state index contributed by atoms with van der Waals surface area (Å²) in [6.45, 7) is 1.20. The molecule has 0 fully saturated rings. The van der Waals surface area contributed by atoms with Gasteiger partial charge in [-0.05, 0) is 18.4 Å². The van der Waals surface area contributed by atoms with Crippen molar-refractivity contribution in [2.45, 2.75) is 17.3 Å². The van der Waals surface area contributed by atoms with Gasteiger partial charge in [0.25, 0.3) is 5.91 Å². The summed E-state index contributed by atoms with van der Waals surface area (Å²) in [7, 11) is 0. The summed E-state index contributed by atoms with van der Waals surface area (Å²) in [4.78, 5) is 30.9. The number of H-pyrrole nitrogens is 1. The largest absolute Gasteiger partial charge is 0.340 e. The number of aromatic amines is 1. The van der Waals surface area contributed by atoms with Crippen LogP contribution >= 0.6 is 23.1 Å². The van der Waals surface area contributed by atoms with Crippen LogP contribution in [0.3, 0.4) is 0 Å². The lowest BCUT2D eigenvalue weighted by atomic mass is 10.1. The second kappa shape index (κ2) is 6.37. The van der Waals surface area contributed by atoms with E-state index in [0.29, 0.717) is 18.8 Å². The van der Waals surface area contributed by atoms with E-state index in [4.69, 9.17) is 0 Å². The number of pyridine rings is 1. The second-order valence-electron chi connectivity index (χ2n) is 5.43. The van der Waals surface area contributed by atoms with Crippen LogP contribution in [0.25, 0.3) is 11.4 Å². The van der Waals surface area contributed by atoms with Gasteiger partial charge in [-0.1, -0.05) is 11.8 Å². The molecule has 0 saturated carbocycles. The molecule has 6 nitrogen and oxygen atoms in total. The average molecular weight is 357 g/mol. The van der Waals surface area contributed by atoms with Gasteiger partial charge >= 0.3 is 0 Å². The van der Waals surface area contributed by atoms with Crippen molar-refractivity contribution in [3.05, 3.63) is 47.0 Å². The van der Waals surface area contributed by atoms with Crippen molar-refractivity contribution < 1.29 is 4.79 Å². The van der Waals surface area contributed by atoms with Crippen LogP contribution in [0.1, 0.15) is 21.9 Å². The Labute approximate surface area is 147 Å². The average Bonchev–Trinajstić information content (AvgIpc) is 3.28. The van der Waals surface area contributed by atoms with E-state index in [1.807, 2.05) is 28.7 Å². The zero-order valence-electron chi connectivity index (χ0n) is 13.0. The second-order valence-corrected chi connectivity index (χ2v) is 7.34. The van der Waals surface area contributed by atoms with Crippen LogP contribution in [-0.4, -0.2) is 43.5 Å². The van der Waals surface area contributed by atoms with Gasteiger partial charge in [-0.25, -0.2) is 9.97 Å². The van der Waals surface area contributed by atoms with E-state index in [-0.39, 0.29) is 5.91 Å². The molecule has 1 amide bonds. The van der Waals surface area contributed by atoms with Gasteiger partial charge in [-0.15, -0.1) is 11.3 Å². The highest BCUT2D eigenvalue weighted by molar-refractivity contribution is 8.00. The molecular weight excluding hydrogens is 342 g/mol. The lowest BCUT2D eigenvalue weighted by Crippen LogP contribution is -2.36.